The fourth-order valence-electron chi connectivity index (χ4n) is 2.06. The van der Waals surface area contributed by atoms with E-state index in [9.17, 15) is 8.42 Å². The van der Waals surface area contributed by atoms with Crippen molar-refractivity contribution >= 4 is 31.6 Å². The van der Waals surface area contributed by atoms with Gasteiger partial charge in [0.05, 0.1) is 10.6 Å². The number of aryl methyl sites for hydroxylation is 2. The first-order valence-corrected chi connectivity index (χ1v) is 8.37. The molecule has 0 aliphatic rings. The third-order valence-corrected chi connectivity index (χ3v) is 5.30. The van der Waals surface area contributed by atoms with E-state index in [-0.39, 0.29) is 4.90 Å². The van der Waals surface area contributed by atoms with Gasteiger partial charge in [0.1, 0.15) is 0 Å². The van der Waals surface area contributed by atoms with Gasteiger partial charge in [-0.1, -0.05) is 28.1 Å². The maximum absolute atomic E-state index is 12.6. The van der Waals surface area contributed by atoms with Crippen LogP contribution in [0.15, 0.2) is 51.8 Å². The molecule has 3 nitrogen and oxygen atoms in total. The molecule has 2 aromatic rings. The van der Waals surface area contributed by atoms with E-state index in [1.807, 2.05) is 32.0 Å². The summed E-state index contributed by atoms with van der Waals surface area (Å²) in [6.45, 7) is 3.91. The monoisotopic (exact) mass is 353 g/mol. The molecule has 5 heteroatoms. The predicted octanol–water partition coefficient (Wildman–Crippen LogP) is 3.89. The summed E-state index contributed by atoms with van der Waals surface area (Å²) < 4.78 is 27.3. The van der Waals surface area contributed by atoms with E-state index in [2.05, 4.69) is 15.9 Å². The van der Waals surface area contributed by atoms with Crippen LogP contribution in [0.25, 0.3) is 0 Å². The van der Waals surface area contributed by atoms with Crippen LogP contribution >= 0.6 is 15.9 Å². The zero-order chi connectivity index (χ0) is 14.9. The van der Waals surface area contributed by atoms with E-state index in [1.165, 1.54) is 4.31 Å². The minimum absolute atomic E-state index is 0.272. The molecule has 0 atom stereocenters. The van der Waals surface area contributed by atoms with Crippen LogP contribution in [-0.4, -0.2) is 15.5 Å². The third-order valence-electron chi connectivity index (χ3n) is 3.02. The third kappa shape index (κ3) is 3.04. The van der Waals surface area contributed by atoms with Crippen LogP contribution in [0.5, 0.6) is 0 Å². The van der Waals surface area contributed by atoms with Crippen molar-refractivity contribution in [1.82, 2.24) is 0 Å². The van der Waals surface area contributed by atoms with Gasteiger partial charge in [0.25, 0.3) is 10.0 Å². The summed E-state index contributed by atoms with van der Waals surface area (Å²) in [6.07, 6.45) is 0. The normalized spacial score (nSPS) is 11.4. The Kier molecular flexibility index (Phi) is 4.20. The van der Waals surface area contributed by atoms with Crippen molar-refractivity contribution in [3.05, 3.63) is 58.1 Å². The van der Waals surface area contributed by atoms with E-state index in [0.717, 1.165) is 15.6 Å². The van der Waals surface area contributed by atoms with E-state index < -0.39 is 10.0 Å². The van der Waals surface area contributed by atoms with Gasteiger partial charge in [-0.2, -0.15) is 0 Å². The van der Waals surface area contributed by atoms with Crippen molar-refractivity contribution in [2.45, 2.75) is 18.7 Å². The molecule has 0 spiro atoms. The number of hydrogen-bond acceptors (Lipinski definition) is 2. The van der Waals surface area contributed by atoms with Crippen molar-refractivity contribution < 1.29 is 8.42 Å². The topological polar surface area (TPSA) is 37.4 Å². The molecule has 0 heterocycles. The molecule has 0 saturated heterocycles. The Balaban J connectivity index is 2.48. The van der Waals surface area contributed by atoms with Crippen molar-refractivity contribution in [3.63, 3.8) is 0 Å². The summed E-state index contributed by atoms with van der Waals surface area (Å²) in [5.74, 6) is 0. The summed E-state index contributed by atoms with van der Waals surface area (Å²) in [7, 11) is -1.97. The maximum Gasteiger partial charge on any atom is 0.264 e. The fraction of sp³-hybridized carbons (Fsp3) is 0.200. The summed E-state index contributed by atoms with van der Waals surface area (Å²) in [5.41, 5.74) is 2.75. The van der Waals surface area contributed by atoms with Crippen LogP contribution in [0.3, 0.4) is 0 Å². The molecule has 106 valence electrons. The van der Waals surface area contributed by atoms with Crippen molar-refractivity contribution in [3.8, 4) is 0 Å². The van der Waals surface area contributed by atoms with Crippen molar-refractivity contribution in [2.75, 3.05) is 11.4 Å². The van der Waals surface area contributed by atoms with Gasteiger partial charge < -0.3 is 0 Å². The molecule has 0 fully saturated rings. The fourth-order valence-corrected chi connectivity index (χ4v) is 3.83. The predicted molar refractivity (Wildman–Crippen MR) is 85.6 cm³/mol. The number of benzene rings is 2. The number of nitrogens with zero attached hydrogens (tertiary/aromatic N) is 1. The summed E-state index contributed by atoms with van der Waals surface area (Å²) in [5, 5.41) is 0. The van der Waals surface area contributed by atoms with Gasteiger partial charge in [0.2, 0.25) is 0 Å². The Labute approximate surface area is 128 Å². The molecule has 0 N–H and O–H groups in total. The maximum atomic E-state index is 12.6. The molecule has 0 aliphatic carbocycles. The molecule has 0 saturated carbocycles. The average molecular weight is 354 g/mol. The van der Waals surface area contributed by atoms with E-state index in [4.69, 9.17) is 0 Å². The van der Waals surface area contributed by atoms with Gasteiger partial charge in [0, 0.05) is 11.5 Å². The van der Waals surface area contributed by atoms with Gasteiger partial charge >= 0.3 is 0 Å². The van der Waals surface area contributed by atoms with E-state index in [1.54, 1.807) is 31.3 Å². The average Bonchev–Trinajstić information content (AvgIpc) is 2.36. The molecule has 0 amide bonds. The Bertz CT molecular complexity index is 721. The number of sulfonamides is 1. The SMILES string of the molecule is Cc1cc(C)cc(N(C)S(=O)(=O)c2cccc(Br)c2)c1. The van der Waals surface area contributed by atoms with Gasteiger partial charge in [-0.05, 0) is 55.3 Å². The first-order valence-electron chi connectivity index (χ1n) is 6.13. The number of halogens is 1. The first kappa shape index (κ1) is 15.1. The number of anilines is 1. The molecular formula is C15H16BrNO2S. The van der Waals surface area contributed by atoms with Crippen molar-refractivity contribution in [1.29, 1.82) is 0 Å². The zero-order valence-electron chi connectivity index (χ0n) is 11.6. The Hall–Kier alpha value is -1.33. The molecule has 0 aliphatic heterocycles. The number of rotatable bonds is 3. The van der Waals surface area contributed by atoms with Crippen LogP contribution < -0.4 is 4.31 Å². The van der Waals surface area contributed by atoms with E-state index in [0.29, 0.717) is 5.69 Å². The molecule has 0 unspecified atom stereocenters. The van der Waals surface area contributed by atoms with Crippen LogP contribution in [0, 0.1) is 13.8 Å². The second kappa shape index (κ2) is 5.58. The highest BCUT2D eigenvalue weighted by atomic mass is 79.9. The van der Waals surface area contributed by atoms with Crippen LogP contribution in [0.4, 0.5) is 5.69 Å². The lowest BCUT2D eigenvalue weighted by molar-refractivity contribution is 0.594. The largest absolute Gasteiger partial charge is 0.269 e. The second-order valence-corrected chi connectivity index (χ2v) is 7.66. The zero-order valence-corrected chi connectivity index (χ0v) is 14.0. The minimum atomic E-state index is -3.54. The summed E-state index contributed by atoms with van der Waals surface area (Å²) >= 11 is 3.30. The standard InChI is InChI=1S/C15H16BrNO2S/c1-11-7-12(2)9-14(8-11)17(3)20(18,19)15-6-4-5-13(16)10-15/h4-10H,1-3H3. The van der Waals surface area contributed by atoms with Gasteiger partial charge in [-0.15, -0.1) is 0 Å². The van der Waals surface area contributed by atoms with Gasteiger partial charge in [0.15, 0.2) is 0 Å². The second-order valence-electron chi connectivity index (χ2n) is 4.78. The Morgan fingerprint density at radius 2 is 1.60 bits per heavy atom. The molecule has 20 heavy (non-hydrogen) atoms. The van der Waals surface area contributed by atoms with Crippen LogP contribution in [0.1, 0.15) is 11.1 Å². The lowest BCUT2D eigenvalue weighted by atomic mass is 10.1. The molecule has 2 aromatic carbocycles. The molecule has 0 aromatic heterocycles. The van der Waals surface area contributed by atoms with Gasteiger partial charge in [-0.3, -0.25) is 4.31 Å². The molecular weight excluding hydrogens is 338 g/mol. The minimum Gasteiger partial charge on any atom is -0.269 e. The quantitative estimate of drug-likeness (QED) is 0.839. The highest BCUT2D eigenvalue weighted by Crippen LogP contribution is 2.25. The van der Waals surface area contributed by atoms with Crippen molar-refractivity contribution in [2.24, 2.45) is 0 Å². The lowest BCUT2D eigenvalue weighted by Gasteiger charge is -2.20. The summed E-state index contributed by atoms with van der Waals surface area (Å²) in [6, 6.07) is 12.5. The van der Waals surface area contributed by atoms with E-state index >= 15 is 0 Å². The first-order chi connectivity index (χ1) is 9.30. The number of hydrogen-bond donors (Lipinski definition) is 0. The molecule has 0 radical (unpaired) electrons. The highest BCUT2D eigenvalue weighted by Gasteiger charge is 2.21. The Morgan fingerprint density at radius 3 is 2.15 bits per heavy atom. The molecule has 2 rings (SSSR count). The molecule has 0 bridgehead atoms. The van der Waals surface area contributed by atoms with Crippen LogP contribution in [0.2, 0.25) is 0 Å². The summed E-state index contributed by atoms with van der Waals surface area (Å²) in [4.78, 5) is 0.272. The highest BCUT2D eigenvalue weighted by molar-refractivity contribution is 9.10. The van der Waals surface area contributed by atoms with Crippen LogP contribution in [-0.2, 0) is 10.0 Å². The Morgan fingerprint density at radius 1 is 1.00 bits per heavy atom. The smallest absolute Gasteiger partial charge is 0.264 e. The van der Waals surface area contributed by atoms with Gasteiger partial charge in [-0.25, -0.2) is 8.42 Å². The lowest BCUT2D eigenvalue weighted by Crippen LogP contribution is -2.26.